The monoisotopic (exact) mass is 510 g/mol. The lowest BCUT2D eigenvalue weighted by atomic mass is 10.2. The molecule has 0 radical (unpaired) electrons. The van der Waals surface area contributed by atoms with Crippen LogP contribution in [0.15, 0.2) is 114 Å². The largest absolute Gasteiger partial charge is 0.269 e. The quantitative estimate of drug-likeness (QED) is 0.164. The molecule has 0 saturated heterocycles. The summed E-state index contributed by atoms with van der Waals surface area (Å²) in [6, 6.07) is 34.3. The van der Waals surface area contributed by atoms with Crippen LogP contribution in [0.3, 0.4) is 0 Å². The first-order valence-corrected chi connectivity index (χ1v) is 12.4. The number of aromatic nitrogens is 6. The maximum atomic E-state index is 14.1. The molecule has 0 aliphatic carbocycles. The highest BCUT2D eigenvalue weighted by atomic mass is 32.1. The van der Waals surface area contributed by atoms with Crippen LogP contribution in [0.25, 0.3) is 56.3 Å². The number of benzene rings is 4. The van der Waals surface area contributed by atoms with Crippen molar-refractivity contribution in [2.75, 3.05) is 0 Å². The Hall–Kier alpha value is -5.08. The summed E-state index contributed by atoms with van der Waals surface area (Å²) in [5, 5.41) is 1.30. The van der Waals surface area contributed by atoms with Crippen molar-refractivity contribution in [1.29, 1.82) is 0 Å². The minimum absolute atomic E-state index is 0.170. The molecule has 0 unspecified atom stereocenters. The van der Waals surface area contributed by atoms with E-state index in [0.717, 1.165) is 16.5 Å². The Balaban J connectivity index is 1.66. The maximum absolute atomic E-state index is 14.1. The fraction of sp³-hybridized carbons (Fsp3) is 0. The highest BCUT2D eigenvalue weighted by molar-refractivity contribution is 7.71. The first-order valence-electron chi connectivity index (χ1n) is 12.0. The maximum Gasteiger partial charge on any atom is 0.269 e. The Morgan fingerprint density at radius 1 is 0.579 bits per heavy atom. The van der Waals surface area contributed by atoms with Gasteiger partial charge in [-0.25, -0.2) is 14.5 Å². The SMILES string of the molecule is O=c1c2ccccc2n2c(=S)c3ccccc3nc2n1-c1nc(-c2ccccc2)nc(-c2ccccc2)n1. The number of para-hydroxylation sites is 2. The second-order valence-electron chi connectivity index (χ2n) is 8.74. The van der Waals surface area contributed by atoms with Gasteiger partial charge in [0.2, 0.25) is 11.7 Å². The molecule has 38 heavy (non-hydrogen) atoms. The van der Waals surface area contributed by atoms with Crippen molar-refractivity contribution in [2.45, 2.75) is 0 Å². The Morgan fingerprint density at radius 3 is 1.79 bits per heavy atom. The minimum Gasteiger partial charge on any atom is -0.269 e. The van der Waals surface area contributed by atoms with E-state index in [9.17, 15) is 4.79 Å². The van der Waals surface area contributed by atoms with E-state index < -0.39 is 0 Å². The number of nitrogens with zero attached hydrogens (tertiary/aromatic N) is 6. The molecule has 7 rings (SSSR count). The molecule has 0 amide bonds. The number of hydrogen-bond donors (Lipinski definition) is 0. The molecule has 8 heteroatoms. The molecule has 0 spiro atoms. The molecule has 0 aliphatic rings. The smallest absolute Gasteiger partial charge is 0.269 e. The molecular weight excluding hydrogens is 492 g/mol. The van der Waals surface area contributed by atoms with Crippen LogP contribution < -0.4 is 5.56 Å². The van der Waals surface area contributed by atoms with Gasteiger partial charge in [0.25, 0.3) is 5.56 Å². The third kappa shape index (κ3) is 3.50. The topological polar surface area (TPSA) is 78.0 Å². The van der Waals surface area contributed by atoms with Gasteiger partial charge in [-0.1, -0.05) is 97.1 Å². The Morgan fingerprint density at radius 2 is 1.13 bits per heavy atom. The third-order valence-corrected chi connectivity index (χ3v) is 6.83. The average Bonchev–Trinajstić information content (AvgIpc) is 2.98. The van der Waals surface area contributed by atoms with Gasteiger partial charge in [-0.3, -0.25) is 9.20 Å². The third-order valence-electron chi connectivity index (χ3n) is 6.42. The average molecular weight is 511 g/mol. The van der Waals surface area contributed by atoms with E-state index in [1.54, 1.807) is 6.07 Å². The summed E-state index contributed by atoms with van der Waals surface area (Å²) >= 11 is 5.93. The van der Waals surface area contributed by atoms with E-state index in [1.165, 1.54) is 4.57 Å². The van der Waals surface area contributed by atoms with E-state index in [4.69, 9.17) is 32.2 Å². The van der Waals surface area contributed by atoms with Crippen molar-refractivity contribution in [3.8, 4) is 28.7 Å². The van der Waals surface area contributed by atoms with Crippen LogP contribution in [0.5, 0.6) is 0 Å². The summed E-state index contributed by atoms with van der Waals surface area (Å²) in [6.07, 6.45) is 0. The van der Waals surface area contributed by atoms with Gasteiger partial charge in [-0.05, 0) is 24.3 Å². The predicted molar refractivity (Wildman–Crippen MR) is 151 cm³/mol. The van der Waals surface area contributed by atoms with Crippen LogP contribution >= 0.6 is 12.2 Å². The second-order valence-corrected chi connectivity index (χ2v) is 9.13. The van der Waals surface area contributed by atoms with E-state index in [1.807, 2.05) is 108 Å². The normalized spacial score (nSPS) is 11.4. The van der Waals surface area contributed by atoms with Crippen LogP contribution in [-0.2, 0) is 0 Å². The molecule has 7 nitrogen and oxygen atoms in total. The van der Waals surface area contributed by atoms with Crippen LogP contribution in [0.1, 0.15) is 0 Å². The van der Waals surface area contributed by atoms with Crippen molar-refractivity contribution in [2.24, 2.45) is 0 Å². The van der Waals surface area contributed by atoms with Crippen LogP contribution in [-0.4, -0.2) is 28.9 Å². The predicted octanol–water partition coefficient (Wildman–Crippen LogP) is 6.04. The Kier molecular flexibility index (Phi) is 5.12. The van der Waals surface area contributed by atoms with Crippen LogP contribution in [0.2, 0.25) is 0 Å². The Bertz CT molecular complexity index is 2060. The zero-order chi connectivity index (χ0) is 25.6. The summed E-state index contributed by atoms with van der Waals surface area (Å²) in [6.45, 7) is 0. The molecular formula is C30H18N6OS. The first kappa shape index (κ1) is 22.1. The molecule has 0 N–H and O–H groups in total. The van der Waals surface area contributed by atoms with Crippen molar-refractivity contribution in [1.82, 2.24) is 28.9 Å². The van der Waals surface area contributed by atoms with Crippen molar-refractivity contribution in [3.63, 3.8) is 0 Å². The fourth-order valence-electron chi connectivity index (χ4n) is 4.63. The molecule has 3 aromatic heterocycles. The molecule has 0 bridgehead atoms. The van der Waals surface area contributed by atoms with Gasteiger partial charge in [0.05, 0.1) is 16.4 Å². The van der Waals surface area contributed by atoms with Crippen LogP contribution in [0.4, 0.5) is 0 Å². The summed E-state index contributed by atoms with van der Waals surface area (Å²) in [4.78, 5) is 33.3. The van der Waals surface area contributed by atoms with Gasteiger partial charge in [-0.15, -0.1) is 0 Å². The molecule has 0 saturated carbocycles. The van der Waals surface area contributed by atoms with Gasteiger partial charge < -0.3 is 0 Å². The van der Waals surface area contributed by atoms with E-state index in [-0.39, 0.29) is 11.5 Å². The van der Waals surface area contributed by atoms with Gasteiger partial charge in [0, 0.05) is 16.5 Å². The zero-order valence-corrected chi connectivity index (χ0v) is 20.7. The lowest BCUT2D eigenvalue weighted by Gasteiger charge is -2.15. The second kappa shape index (κ2) is 8.79. The zero-order valence-electron chi connectivity index (χ0n) is 19.9. The molecule has 0 atom stereocenters. The summed E-state index contributed by atoms with van der Waals surface area (Å²) in [5.41, 5.74) is 2.68. The minimum atomic E-state index is -0.290. The van der Waals surface area contributed by atoms with Gasteiger partial charge in [0.15, 0.2) is 11.6 Å². The highest BCUT2D eigenvalue weighted by Crippen LogP contribution is 2.24. The Labute approximate surface area is 221 Å². The van der Waals surface area contributed by atoms with E-state index in [2.05, 4.69) is 0 Å². The van der Waals surface area contributed by atoms with Crippen molar-refractivity contribution < 1.29 is 0 Å². The number of rotatable bonds is 3. The van der Waals surface area contributed by atoms with E-state index in [0.29, 0.717) is 38.5 Å². The summed E-state index contributed by atoms with van der Waals surface area (Å²) < 4.78 is 3.81. The lowest BCUT2D eigenvalue weighted by molar-refractivity contribution is 0.863. The highest BCUT2D eigenvalue weighted by Gasteiger charge is 2.19. The van der Waals surface area contributed by atoms with Gasteiger partial charge in [-0.2, -0.15) is 9.97 Å². The van der Waals surface area contributed by atoms with Crippen molar-refractivity contribution in [3.05, 3.63) is 124 Å². The number of hydrogen-bond acceptors (Lipinski definition) is 6. The van der Waals surface area contributed by atoms with E-state index >= 15 is 0 Å². The van der Waals surface area contributed by atoms with Crippen molar-refractivity contribution >= 4 is 39.8 Å². The first-order chi connectivity index (χ1) is 18.7. The summed E-state index contributed by atoms with van der Waals surface area (Å²) in [5.74, 6) is 1.41. The van der Waals surface area contributed by atoms with Gasteiger partial charge >= 0.3 is 0 Å². The molecule has 7 aromatic rings. The molecule has 0 fully saturated rings. The van der Waals surface area contributed by atoms with Gasteiger partial charge in [0.1, 0.15) is 4.64 Å². The molecule has 180 valence electrons. The van der Waals surface area contributed by atoms with Crippen LogP contribution in [0, 0.1) is 4.64 Å². The molecule has 0 aliphatic heterocycles. The standard InChI is InChI=1S/C30H18N6OS/c37-27-22-16-8-10-18-24(22)35-28(38)21-15-7-9-17-23(21)31-30(35)36(27)29-33-25(19-11-3-1-4-12-19)32-26(34-29)20-13-5-2-6-14-20/h1-18H. The summed E-state index contributed by atoms with van der Waals surface area (Å²) in [7, 11) is 0. The molecule has 3 heterocycles. The lowest BCUT2D eigenvalue weighted by Crippen LogP contribution is -2.25. The fourth-order valence-corrected chi connectivity index (χ4v) is 4.98. The number of fused-ring (bicyclic) bond motifs is 4. The molecule has 4 aromatic carbocycles.